The van der Waals surface area contributed by atoms with Crippen molar-refractivity contribution in [1.29, 1.82) is 0 Å². The van der Waals surface area contributed by atoms with Crippen LogP contribution in [0.2, 0.25) is 0 Å². The third-order valence-corrected chi connectivity index (χ3v) is 3.71. The largest absolute Gasteiger partial charge is 0.381 e. The van der Waals surface area contributed by atoms with Crippen molar-refractivity contribution in [2.24, 2.45) is 0 Å². The zero-order valence-electron chi connectivity index (χ0n) is 12.0. The van der Waals surface area contributed by atoms with Gasteiger partial charge in [0.25, 0.3) is 5.91 Å². The Kier molecular flexibility index (Phi) is 3.96. The van der Waals surface area contributed by atoms with E-state index >= 15 is 0 Å². The first kappa shape index (κ1) is 13.8. The minimum absolute atomic E-state index is 0.0451. The van der Waals surface area contributed by atoms with E-state index in [0.717, 1.165) is 24.4 Å². The molecule has 6 heteroatoms. The molecular weight excluding hydrogens is 268 g/mol. The maximum absolute atomic E-state index is 12.6. The first-order valence-corrected chi connectivity index (χ1v) is 7.02. The maximum atomic E-state index is 12.6. The highest BCUT2D eigenvalue weighted by Crippen LogP contribution is 2.26. The zero-order chi connectivity index (χ0) is 14.7. The van der Waals surface area contributed by atoms with E-state index in [2.05, 4.69) is 15.2 Å². The van der Waals surface area contributed by atoms with Crippen LogP contribution in [0.1, 0.15) is 34.1 Å². The summed E-state index contributed by atoms with van der Waals surface area (Å²) in [5.41, 5.74) is 2.37. The molecule has 0 aliphatic carbocycles. The van der Waals surface area contributed by atoms with Gasteiger partial charge in [-0.2, -0.15) is 5.10 Å². The molecule has 1 aliphatic heterocycles. The summed E-state index contributed by atoms with van der Waals surface area (Å²) in [4.78, 5) is 18.5. The summed E-state index contributed by atoms with van der Waals surface area (Å²) in [5.74, 6) is 0.186. The molecule has 1 saturated heterocycles. The van der Waals surface area contributed by atoms with Gasteiger partial charge in [-0.25, -0.2) is 0 Å². The van der Waals surface area contributed by atoms with Crippen LogP contribution < -0.4 is 0 Å². The molecule has 6 nitrogen and oxygen atoms in total. The van der Waals surface area contributed by atoms with Crippen LogP contribution in [0.3, 0.4) is 0 Å². The van der Waals surface area contributed by atoms with Crippen LogP contribution in [0.15, 0.2) is 30.6 Å². The zero-order valence-corrected chi connectivity index (χ0v) is 12.0. The standard InChI is InChI=1S/C15H18N4O2/c1-19(9-12-4-2-3-6-16-12)15(20)13-8-17-18-14(13)11-5-7-21-10-11/h2-4,6,8,11H,5,7,9-10H2,1H3,(H,17,18)/t11-/m0/s1. The third-order valence-electron chi connectivity index (χ3n) is 3.71. The number of nitrogens with one attached hydrogen (secondary N) is 1. The van der Waals surface area contributed by atoms with E-state index in [9.17, 15) is 4.79 Å². The summed E-state index contributed by atoms with van der Waals surface area (Å²) in [6.45, 7) is 1.86. The van der Waals surface area contributed by atoms with Gasteiger partial charge in [0.05, 0.1) is 36.3 Å². The molecule has 2 aromatic rings. The van der Waals surface area contributed by atoms with Crippen LogP contribution in [-0.4, -0.2) is 46.2 Å². The van der Waals surface area contributed by atoms with Crippen molar-refractivity contribution in [3.63, 3.8) is 0 Å². The lowest BCUT2D eigenvalue weighted by Gasteiger charge is -2.17. The van der Waals surface area contributed by atoms with Gasteiger partial charge < -0.3 is 9.64 Å². The molecule has 1 amide bonds. The molecule has 1 aliphatic rings. The maximum Gasteiger partial charge on any atom is 0.257 e. The van der Waals surface area contributed by atoms with Gasteiger partial charge in [0, 0.05) is 25.8 Å². The van der Waals surface area contributed by atoms with Gasteiger partial charge >= 0.3 is 0 Å². The number of aromatic amines is 1. The van der Waals surface area contributed by atoms with Gasteiger partial charge in [-0.3, -0.25) is 14.9 Å². The molecular formula is C15H18N4O2. The number of aromatic nitrogens is 3. The normalized spacial score (nSPS) is 17.9. The molecule has 0 radical (unpaired) electrons. The molecule has 21 heavy (non-hydrogen) atoms. The van der Waals surface area contributed by atoms with Crippen LogP contribution in [0, 0.1) is 0 Å². The number of H-pyrrole nitrogens is 1. The minimum atomic E-state index is -0.0451. The topological polar surface area (TPSA) is 71.1 Å². The predicted octanol–water partition coefficient (Wildman–Crippen LogP) is 1.58. The smallest absolute Gasteiger partial charge is 0.257 e. The Morgan fingerprint density at radius 3 is 3.14 bits per heavy atom. The second-order valence-corrected chi connectivity index (χ2v) is 5.24. The molecule has 0 aromatic carbocycles. The number of nitrogens with zero attached hydrogens (tertiary/aromatic N) is 3. The molecule has 3 heterocycles. The molecule has 0 unspecified atom stereocenters. The highest BCUT2D eigenvalue weighted by atomic mass is 16.5. The van der Waals surface area contributed by atoms with Crippen molar-refractivity contribution < 1.29 is 9.53 Å². The lowest BCUT2D eigenvalue weighted by molar-refractivity contribution is 0.0781. The molecule has 1 N–H and O–H groups in total. The highest BCUT2D eigenvalue weighted by Gasteiger charge is 2.26. The van der Waals surface area contributed by atoms with Crippen molar-refractivity contribution in [1.82, 2.24) is 20.1 Å². The summed E-state index contributed by atoms with van der Waals surface area (Å²) in [5, 5.41) is 6.99. The van der Waals surface area contributed by atoms with Gasteiger partial charge in [0.2, 0.25) is 0 Å². The van der Waals surface area contributed by atoms with Crippen LogP contribution in [-0.2, 0) is 11.3 Å². The Balaban J connectivity index is 1.74. The number of carbonyl (C=O) groups is 1. The van der Waals surface area contributed by atoms with E-state index in [-0.39, 0.29) is 11.8 Å². The number of carbonyl (C=O) groups excluding carboxylic acids is 1. The Labute approximate surface area is 123 Å². The summed E-state index contributed by atoms with van der Waals surface area (Å²) >= 11 is 0. The molecule has 1 fully saturated rings. The number of rotatable bonds is 4. The SMILES string of the molecule is CN(Cc1ccccn1)C(=O)c1cn[nH]c1[C@H]1CCOC1. The van der Waals surface area contributed by atoms with Crippen molar-refractivity contribution in [2.45, 2.75) is 18.9 Å². The van der Waals surface area contributed by atoms with E-state index in [0.29, 0.717) is 18.7 Å². The Morgan fingerprint density at radius 1 is 1.52 bits per heavy atom. The molecule has 2 aromatic heterocycles. The van der Waals surface area contributed by atoms with Gasteiger partial charge in [-0.05, 0) is 18.6 Å². The molecule has 3 rings (SSSR count). The van der Waals surface area contributed by atoms with Gasteiger partial charge in [0.1, 0.15) is 0 Å². The predicted molar refractivity (Wildman–Crippen MR) is 76.8 cm³/mol. The van der Waals surface area contributed by atoms with Crippen LogP contribution in [0.4, 0.5) is 0 Å². The fourth-order valence-electron chi connectivity index (χ4n) is 2.55. The summed E-state index contributed by atoms with van der Waals surface area (Å²) in [7, 11) is 1.78. The summed E-state index contributed by atoms with van der Waals surface area (Å²) < 4.78 is 5.39. The van der Waals surface area contributed by atoms with Crippen molar-refractivity contribution in [2.75, 3.05) is 20.3 Å². The molecule has 0 saturated carbocycles. The van der Waals surface area contributed by atoms with Crippen LogP contribution in [0.5, 0.6) is 0 Å². The molecule has 1 atom stereocenters. The summed E-state index contributed by atoms with van der Waals surface area (Å²) in [6, 6.07) is 5.68. The molecule has 0 bridgehead atoms. The van der Waals surface area contributed by atoms with E-state index in [1.165, 1.54) is 0 Å². The number of amides is 1. The fraction of sp³-hybridized carbons (Fsp3) is 0.400. The second-order valence-electron chi connectivity index (χ2n) is 5.24. The van der Waals surface area contributed by atoms with Crippen molar-refractivity contribution >= 4 is 5.91 Å². The number of hydrogen-bond donors (Lipinski definition) is 1. The van der Waals surface area contributed by atoms with E-state index in [4.69, 9.17) is 4.74 Å². The Hall–Kier alpha value is -2.21. The summed E-state index contributed by atoms with van der Waals surface area (Å²) in [6.07, 6.45) is 4.25. The van der Waals surface area contributed by atoms with E-state index < -0.39 is 0 Å². The monoisotopic (exact) mass is 286 g/mol. The quantitative estimate of drug-likeness (QED) is 0.926. The Morgan fingerprint density at radius 2 is 2.43 bits per heavy atom. The van der Waals surface area contributed by atoms with Crippen LogP contribution >= 0.6 is 0 Å². The fourth-order valence-corrected chi connectivity index (χ4v) is 2.55. The third kappa shape index (κ3) is 2.95. The Bertz CT molecular complexity index is 605. The van der Waals surface area contributed by atoms with Crippen molar-refractivity contribution in [3.8, 4) is 0 Å². The van der Waals surface area contributed by atoms with Gasteiger partial charge in [0.15, 0.2) is 0 Å². The second kappa shape index (κ2) is 6.05. The van der Waals surface area contributed by atoms with Gasteiger partial charge in [-0.1, -0.05) is 6.07 Å². The lowest BCUT2D eigenvalue weighted by atomic mass is 10.0. The first-order chi connectivity index (χ1) is 10.3. The average molecular weight is 286 g/mol. The first-order valence-electron chi connectivity index (χ1n) is 7.02. The number of ether oxygens (including phenoxy) is 1. The lowest BCUT2D eigenvalue weighted by Crippen LogP contribution is -2.27. The minimum Gasteiger partial charge on any atom is -0.381 e. The molecule has 0 spiro atoms. The van der Waals surface area contributed by atoms with Crippen LogP contribution in [0.25, 0.3) is 0 Å². The van der Waals surface area contributed by atoms with Gasteiger partial charge in [-0.15, -0.1) is 0 Å². The number of pyridine rings is 1. The number of hydrogen-bond acceptors (Lipinski definition) is 4. The molecule has 110 valence electrons. The van der Waals surface area contributed by atoms with E-state index in [1.54, 1.807) is 24.3 Å². The van der Waals surface area contributed by atoms with E-state index in [1.807, 2.05) is 18.2 Å². The van der Waals surface area contributed by atoms with Crippen molar-refractivity contribution in [3.05, 3.63) is 47.5 Å². The highest BCUT2D eigenvalue weighted by molar-refractivity contribution is 5.95. The average Bonchev–Trinajstić information content (AvgIpc) is 3.18.